The Morgan fingerprint density at radius 1 is 1.19 bits per heavy atom. The number of likely N-dealkylation sites (N-methyl/N-ethyl adjacent to an activating group) is 1. The molecule has 1 aliphatic heterocycles. The van der Waals surface area contributed by atoms with Crippen LogP contribution in [0.4, 0.5) is 5.69 Å². The molecule has 0 N–H and O–H groups in total. The molecule has 0 spiro atoms. The first-order valence-electron chi connectivity index (χ1n) is 5.43. The van der Waals surface area contributed by atoms with Gasteiger partial charge in [0.2, 0.25) is 0 Å². The number of para-hydroxylation sites is 2. The lowest BCUT2D eigenvalue weighted by atomic mass is 10.2. The van der Waals surface area contributed by atoms with E-state index in [2.05, 4.69) is 42.3 Å². The number of allylic oxidation sites excluding steroid dienone is 4. The zero-order valence-electron chi connectivity index (χ0n) is 9.18. The van der Waals surface area contributed by atoms with Gasteiger partial charge >= 0.3 is 0 Å². The Kier molecular flexibility index (Phi) is 2.07. The van der Waals surface area contributed by atoms with Crippen LogP contribution in [-0.4, -0.2) is 7.05 Å². The SMILES string of the molecule is CN1C2=C(CC=CC=C2)Oc2ccccc21. The molecular weight excluding hydrogens is 198 g/mol. The van der Waals surface area contributed by atoms with Gasteiger partial charge in [0.05, 0.1) is 11.4 Å². The van der Waals surface area contributed by atoms with Gasteiger partial charge in [-0.1, -0.05) is 30.4 Å². The second-order valence-corrected chi connectivity index (χ2v) is 3.93. The van der Waals surface area contributed by atoms with E-state index in [4.69, 9.17) is 4.74 Å². The molecule has 3 rings (SSSR count). The highest BCUT2D eigenvalue weighted by molar-refractivity contribution is 5.66. The number of nitrogens with zero attached hydrogens (tertiary/aromatic N) is 1. The molecule has 0 fully saturated rings. The van der Waals surface area contributed by atoms with E-state index in [1.54, 1.807) is 0 Å². The molecule has 2 heteroatoms. The van der Waals surface area contributed by atoms with E-state index in [1.165, 1.54) is 0 Å². The first-order valence-corrected chi connectivity index (χ1v) is 5.43. The average molecular weight is 211 g/mol. The largest absolute Gasteiger partial charge is 0.457 e. The number of hydrogen-bond acceptors (Lipinski definition) is 2. The fraction of sp³-hybridized carbons (Fsp3) is 0.143. The summed E-state index contributed by atoms with van der Waals surface area (Å²) in [6, 6.07) is 8.11. The van der Waals surface area contributed by atoms with Crippen LogP contribution in [-0.2, 0) is 0 Å². The van der Waals surface area contributed by atoms with Crippen LogP contribution < -0.4 is 9.64 Å². The summed E-state index contributed by atoms with van der Waals surface area (Å²) in [5.74, 6) is 1.96. The minimum atomic E-state index is 0.848. The molecule has 80 valence electrons. The molecule has 0 saturated heterocycles. The van der Waals surface area contributed by atoms with Crippen molar-refractivity contribution in [3.05, 3.63) is 60.0 Å². The fourth-order valence-electron chi connectivity index (χ4n) is 2.07. The molecule has 2 nitrogen and oxygen atoms in total. The van der Waals surface area contributed by atoms with Crippen molar-refractivity contribution in [3.63, 3.8) is 0 Å². The summed E-state index contributed by atoms with van der Waals surface area (Å²) in [7, 11) is 2.08. The van der Waals surface area contributed by atoms with Crippen LogP contribution in [0.25, 0.3) is 0 Å². The van der Waals surface area contributed by atoms with Crippen LogP contribution in [0.2, 0.25) is 0 Å². The first kappa shape index (κ1) is 9.28. The molecular formula is C14H13NO. The van der Waals surface area contributed by atoms with Crippen molar-refractivity contribution in [2.75, 3.05) is 11.9 Å². The molecule has 16 heavy (non-hydrogen) atoms. The van der Waals surface area contributed by atoms with Gasteiger partial charge in [0.15, 0.2) is 5.75 Å². The summed E-state index contributed by atoms with van der Waals surface area (Å²) in [6.45, 7) is 0. The molecule has 0 saturated carbocycles. The van der Waals surface area contributed by atoms with Crippen LogP contribution in [0.5, 0.6) is 5.75 Å². The lowest BCUT2D eigenvalue weighted by Gasteiger charge is -2.30. The Balaban J connectivity index is 2.11. The summed E-state index contributed by atoms with van der Waals surface area (Å²) >= 11 is 0. The number of hydrogen-bond donors (Lipinski definition) is 0. The molecule has 1 aliphatic carbocycles. The highest BCUT2D eigenvalue weighted by Gasteiger charge is 2.21. The van der Waals surface area contributed by atoms with E-state index < -0.39 is 0 Å². The van der Waals surface area contributed by atoms with Crippen molar-refractivity contribution >= 4 is 5.69 Å². The molecule has 0 radical (unpaired) electrons. The van der Waals surface area contributed by atoms with Crippen LogP contribution in [0.3, 0.4) is 0 Å². The van der Waals surface area contributed by atoms with Gasteiger partial charge in [-0.3, -0.25) is 0 Å². The maximum Gasteiger partial charge on any atom is 0.150 e. The quantitative estimate of drug-likeness (QED) is 0.653. The third-order valence-electron chi connectivity index (χ3n) is 2.91. The lowest BCUT2D eigenvalue weighted by molar-refractivity contribution is 0.401. The Labute approximate surface area is 95.1 Å². The molecule has 0 unspecified atom stereocenters. The van der Waals surface area contributed by atoms with Gasteiger partial charge in [-0.25, -0.2) is 0 Å². The molecule has 0 amide bonds. The summed E-state index contributed by atoms with van der Waals surface area (Å²) in [5, 5.41) is 0. The van der Waals surface area contributed by atoms with Gasteiger partial charge in [-0.2, -0.15) is 0 Å². The number of ether oxygens (including phenoxy) is 1. The summed E-state index contributed by atoms with van der Waals surface area (Å²) in [4.78, 5) is 2.18. The van der Waals surface area contributed by atoms with E-state index >= 15 is 0 Å². The molecule has 0 aromatic heterocycles. The maximum atomic E-state index is 5.92. The predicted octanol–water partition coefficient (Wildman–Crippen LogP) is 3.24. The number of benzene rings is 1. The minimum Gasteiger partial charge on any atom is -0.457 e. The zero-order valence-corrected chi connectivity index (χ0v) is 9.18. The second kappa shape index (κ2) is 3.56. The summed E-state index contributed by atoms with van der Waals surface area (Å²) in [6.07, 6.45) is 9.16. The van der Waals surface area contributed by atoms with Gasteiger partial charge in [0, 0.05) is 13.5 Å². The van der Waals surface area contributed by atoms with Crippen molar-refractivity contribution in [1.82, 2.24) is 0 Å². The maximum absolute atomic E-state index is 5.92. The molecule has 1 aromatic rings. The van der Waals surface area contributed by atoms with Crippen molar-refractivity contribution in [2.45, 2.75) is 6.42 Å². The standard InChI is InChI=1S/C14H13NO/c1-15-11-7-3-2-4-9-13(11)16-14-10-6-5-8-12(14)15/h2-8,10H,9H2,1H3. The van der Waals surface area contributed by atoms with E-state index in [0.29, 0.717) is 0 Å². The third kappa shape index (κ3) is 1.34. The van der Waals surface area contributed by atoms with Crippen molar-refractivity contribution in [2.24, 2.45) is 0 Å². The molecule has 1 aromatic carbocycles. The average Bonchev–Trinajstić information content (AvgIpc) is 2.55. The number of rotatable bonds is 0. The van der Waals surface area contributed by atoms with Gasteiger partial charge in [-0.15, -0.1) is 0 Å². The molecule has 0 atom stereocenters. The van der Waals surface area contributed by atoms with Gasteiger partial charge in [0.25, 0.3) is 0 Å². The molecule has 0 bridgehead atoms. The fourth-order valence-corrected chi connectivity index (χ4v) is 2.07. The monoisotopic (exact) mass is 211 g/mol. The lowest BCUT2D eigenvalue weighted by Crippen LogP contribution is -2.23. The van der Waals surface area contributed by atoms with Crippen LogP contribution in [0, 0.1) is 0 Å². The van der Waals surface area contributed by atoms with Crippen LogP contribution in [0.1, 0.15) is 6.42 Å². The van der Waals surface area contributed by atoms with Crippen LogP contribution in [0.15, 0.2) is 60.0 Å². The topological polar surface area (TPSA) is 12.5 Å². The Morgan fingerprint density at radius 3 is 3.00 bits per heavy atom. The Morgan fingerprint density at radius 2 is 2.06 bits per heavy atom. The van der Waals surface area contributed by atoms with Crippen LogP contribution >= 0.6 is 0 Å². The highest BCUT2D eigenvalue weighted by atomic mass is 16.5. The highest BCUT2D eigenvalue weighted by Crippen LogP contribution is 2.38. The Bertz CT molecular complexity index is 511. The molecule has 2 aliphatic rings. The Hall–Kier alpha value is -1.96. The minimum absolute atomic E-state index is 0.848. The smallest absolute Gasteiger partial charge is 0.150 e. The molecule has 1 heterocycles. The van der Waals surface area contributed by atoms with Crippen molar-refractivity contribution in [1.29, 1.82) is 0 Å². The predicted molar refractivity (Wildman–Crippen MR) is 65.4 cm³/mol. The van der Waals surface area contributed by atoms with Gasteiger partial charge in [0.1, 0.15) is 5.76 Å². The van der Waals surface area contributed by atoms with Crippen molar-refractivity contribution < 1.29 is 4.74 Å². The summed E-state index contributed by atoms with van der Waals surface area (Å²) in [5.41, 5.74) is 2.26. The number of fused-ring (bicyclic) bond motifs is 1. The second-order valence-electron chi connectivity index (χ2n) is 3.93. The van der Waals surface area contributed by atoms with E-state index in [1.807, 2.05) is 18.2 Å². The van der Waals surface area contributed by atoms with Gasteiger partial charge < -0.3 is 9.64 Å². The van der Waals surface area contributed by atoms with E-state index in [-0.39, 0.29) is 0 Å². The zero-order chi connectivity index (χ0) is 11.0. The third-order valence-corrected chi connectivity index (χ3v) is 2.91. The van der Waals surface area contributed by atoms with Gasteiger partial charge in [-0.05, 0) is 18.2 Å². The first-order chi connectivity index (χ1) is 7.86. The van der Waals surface area contributed by atoms with Crippen molar-refractivity contribution in [3.8, 4) is 5.75 Å². The number of anilines is 1. The summed E-state index contributed by atoms with van der Waals surface area (Å²) < 4.78 is 5.92. The van der Waals surface area contributed by atoms with E-state index in [0.717, 1.165) is 29.3 Å². The normalized spacial score (nSPS) is 17.7. The van der Waals surface area contributed by atoms with E-state index in [9.17, 15) is 0 Å².